The Morgan fingerprint density at radius 3 is 2.95 bits per heavy atom. The SMILES string of the molecule is CN(Cc1ccccc1Br)c1nc(CNC2CC2)cs1. The largest absolute Gasteiger partial charge is 0.347 e. The van der Waals surface area contributed by atoms with Crippen LogP contribution in [-0.4, -0.2) is 18.1 Å². The highest BCUT2D eigenvalue weighted by atomic mass is 79.9. The summed E-state index contributed by atoms with van der Waals surface area (Å²) >= 11 is 5.31. The van der Waals surface area contributed by atoms with E-state index in [1.165, 1.54) is 18.4 Å². The second-order valence-electron chi connectivity index (χ2n) is 5.22. The predicted octanol–water partition coefficient (Wildman–Crippen LogP) is 3.79. The van der Waals surface area contributed by atoms with Crippen molar-refractivity contribution in [1.82, 2.24) is 10.3 Å². The van der Waals surface area contributed by atoms with E-state index in [0.717, 1.165) is 34.4 Å². The number of hydrogen-bond acceptors (Lipinski definition) is 4. The van der Waals surface area contributed by atoms with E-state index < -0.39 is 0 Å². The Labute approximate surface area is 132 Å². The Bertz CT molecular complexity index is 580. The first-order valence-electron chi connectivity index (χ1n) is 6.84. The summed E-state index contributed by atoms with van der Waals surface area (Å²) in [5.74, 6) is 0. The maximum absolute atomic E-state index is 4.70. The van der Waals surface area contributed by atoms with Crippen molar-refractivity contribution >= 4 is 32.4 Å². The van der Waals surface area contributed by atoms with Crippen LogP contribution in [-0.2, 0) is 13.1 Å². The molecule has 1 saturated carbocycles. The van der Waals surface area contributed by atoms with Crippen LogP contribution in [0, 0.1) is 0 Å². The average molecular weight is 352 g/mol. The van der Waals surface area contributed by atoms with Gasteiger partial charge in [0.25, 0.3) is 0 Å². The van der Waals surface area contributed by atoms with Gasteiger partial charge in [-0.15, -0.1) is 11.3 Å². The Hall–Kier alpha value is -0.910. The smallest absolute Gasteiger partial charge is 0.185 e. The lowest BCUT2D eigenvalue weighted by molar-refractivity contribution is 0.676. The number of aromatic nitrogens is 1. The van der Waals surface area contributed by atoms with Crippen molar-refractivity contribution in [1.29, 1.82) is 0 Å². The highest BCUT2D eigenvalue weighted by Crippen LogP contribution is 2.25. The van der Waals surface area contributed by atoms with Crippen molar-refractivity contribution in [3.8, 4) is 0 Å². The van der Waals surface area contributed by atoms with E-state index in [2.05, 4.69) is 56.8 Å². The molecule has 5 heteroatoms. The molecule has 3 rings (SSSR count). The number of thiazole rings is 1. The fourth-order valence-corrected chi connectivity index (χ4v) is 3.24. The third-order valence-corrected chi connectivity index (χ3v) is 5.16. The molecule has 0 bridgehead atoms. The van der Waals surface area contributed by atoms with E-state index in [-0.39, 0.29) is 0 Å². The third kappa shape index (κ3) is 3.59. The highest BCUT2D eigenvalue weighted by molar-refractivity contribution is 9.10. The van der Waals surface area contributed by atoms with Crippen LogP contribution in [0.15, 0.2) is 34.1 Å². The van der Waals surface area contributed by atoms with Crippen molar-refractivity contribution < 1.29 is 0 Å². The Morgan fingerprint density at radius 2 is 2.20 bits per heavy atom. The highest BCUT2D eigenvalue weighted by Gasteiger charge is 2.20. The molecular weight excluding hydrogens is 334 g/mol. The lowest BCUT2D eigenvalue weighted by Gasteiger charge is -2.16. The van der Waals surface area contributed by atoms with Gasteiger partial charge >= 0.3 is 0 Å². The lowest BCUT2D eigenvalue weighted by Crippen LogP contribution is -2.18. The zero-order valence-electron chi connectivity index (χ0n) is 11.5. The second kappa shape index (κ2) is 6.24. The quantitative estimate of drug-likeness (QED) is 0.857. The summed E-state index contributed by atoms with van der Waals surface area (Å²) < 4.78 is 1.15. The van der Waals surface area contributed by atoms with Crippen molar-refractivity contribution in [2.75, 3.05) is 11.9 Å². The second-order valence-corrected chi connectivity index (χ2v) is 6.91. The van der Waals surface area contributed by atoms with Crippen LogP contribution in [0.25, 0.3) is 0 Å². The summed E-state index contributed by atoms with van der Waals surface area (Å²) in [6.45, 7) is 1.76. The summed E-state index contributed by atoms with van der Waals surface area (Å²) in [5, 5.41) is 6.73. The molecule has 3 nitrogen and oxygen atoms in total. The minimum absolute atomic E-state index is 0.734. The average Bonchev–Trinajstić information content (AvgIpc) is 3.15. The number of benzene rings is 1. The first kappa shape index (κ1) is 14.0. The molecular formula is C15H18BrN3S. The van der Waals surface area contributed by atoms with E-state index in [1.807, 2.05) is 6.07 Å². The van der Waals surface area contributed by atoms with Crippen molar-refractivity contribution in [3.63, 3.8) is 0 Å². The molecule has 0 aliphatic heterocycles. The van der Waals surface area contributed by atoms with Crippen LogP contribution in [0.5, 0.6) is 0 Å². The first-order chi connectivity index (χ1) is 9.72. The van der Waals surface area contributed by atoms with Crippen molar-refractivity contribution in [2.45, 2.75) is 32.0 Å². The maximum Gasteiger partial charge on any atom is 0.185 e. The van der Waals surface area contributed by atoms with Crippen molar-refractivity contribution in [3.05, 3.63) is 45.4 Å². The molecule has 0 radical (unpaired) electrons. The Balaban J connectivity index is 1.61. The Morgan fingerprint density at radius 1 is 1.40 bits per heavy atom. The van der Waals surface area contributed by atoms with Crippen LogP contribution < -0.4 is 10.2 Å². The molecule has 106 valence electrons. The minimum Gasteiger partial charge on any atom is -0.347 e. The molecule has 0 amide bonds. The van der Waals surface area contributed by atoms with Gasteiger partial charge in [0.05, 0.1) is 5.69 Å². The van der Waals surface area contributed by atoms with E-state index in [0.29, 0.717) is 0 Å². The summed E-state index contributed by atoms with van der Waals surface area (Å²) in [4.78, 5) is 6.90. The number of halogens is 1. The molecule has 1 fully saturated rings. The number of rotatable bonds is 6. The zero-order chi connectivity index (χ0) is 13.9. The molecule has 1 aromatic carbocycles. The summed E-state index contributed by atoms with van der Waals surface area (Å²) in [5.41, 5.74) is 2.43. The lowest BCUT2D eigenvalue weighted by atomic mass is 10.2. The monoisotopic (exact) mass is 351 g/mol. The standard InChI is InChI=1S/C15H18BrN3S/c1-19(9-11-4-2-3-5-14(11)16)15-18-13(10-20-15)8-17-12-6-7-12/h2-5,10,12,17H,6-9H2,1H3. The first-order valence-corrected chi connectivity index (χ1v) is 8.52. The molecule has 1 heterocycles. The van der Waals surface area contributed by atoms with Gasteiger partial charge in [0, 0.05) is 36.0 Å². The van der Waals surface area contributed by atoms with Gasteiger partial charge in [0.2, 0.25) is 0 Å². The molecule has 1 aliphatic rings. The van der Waals surface area contributed by atoms with E-state index in [1.54, 1.807) is 11.3 Å². The van der Waals surface area contributed by atoms with Gasteiger partial charge in [-0.25, -0.2) is 4.98 Å². The van der Waals surface area contributed by atoms with Gasteiger partial charge in [0.1, 0.15) is 0 Å². The Kier molecular flexibility index (Phi) is 4.38. The number of anilines is 1. The van der Waals surface area contributed by atoms with Gasteiger partial charge < -0.3 is 10.2 Å². The maximum atomic E-state index is 4.70. The zero-order valence-corrected chi connectivity index (χ0v) is 13.9. The molecule has 2 aromatic rings. The van der Waals surface area contributed by atoms with Crippen LogP contribution in [0.3, 0.4) is 0 Å². The molecule has 0 saturated heterocycles. The van der Waals surface area contributed by atoms with E-state index in [9.17, 15) is 0 Å². The van der Waals surface area contributed by atoms with Gasteiger partial charge in [-0.05, 0) is 24.5 Å². The number of hydrogen-bond donors (Lipinski definition) is 1. The number of nitrogens with one attached hydrogen (secondary N) is 1. The van der Waals surface area contributed by atoms with E-state index >= 15 is 0 Å². The molecule has 1 N–H and O–H groups in total. The fourth-order valence-electron chi connectivity index (χ4n) is 2.04. The topological polar surface area (TPSA) is 28.2 Å². The van der Waals surface area contributed by atoms with Gasteiger partial charge in [-0.1, -0.05) is 34.1 Å². The number of nitrogens with zero attached hydrogens (tertiary/aromatic N) is 2. The third-order valence-electron chi connectivity index (χ3n) is 3.38. The normalized spacial score (nSPS) is 14.5. The predicted molar refractivity (Wildman–Crippen MR) is 88.2 cm³/mol. The van der Waals surface area contributed by atoms with Crippen LogP contribution in [0.1, 0.15) is 24.1 Å². The molecule has 1 aromatic heterocycles. The van der Waals surface area contributed by atoms with Gasteiger partial charge in [-0.2, -0.15) is 0 Å². The summed E-state index contributed by atoms with van der Waals surface area (Å²) in [6, 6.07) is 9.07. The molecule has 0 atom stereocenters. The van der Waals surface area contributed by atoms with Gasteiger partial charge in [-0.3, -0.25) is 0 Å². The van der Waals surface area contributed by atoms with Crippen LogP contribution >= 0.6 is 27.3 Å². The van der Waals surface area contributed by atoms with Gasteiger partial charge in [0.15, 0.2) is 5.13 Å². The van der Waals surface area contributed by atoms with E-state index in [4.69, 9.17) is 4.98 Å². The fraction of sp³-hybridized carbons (Fsp3) is 0.400. The summed E-state index contributed by atoms with van der Waals surface area (Å²) in [7, 11) is 2.09. The molecule has 20 heavy (non-hydrogen) atoms. The molecule has 1 aliphatic carbocycles. The molecule has 0 unspecified atom stereocenters. The summed E-state index contributed by atoms with van der Waals surface area (Å²) in [6.07, 6.45) is 2.64. The van der Waals surface area contributed by atoms with Crippen molar-refractivity contribution in [2.24, 2.45) is 0 Å². The van der Waals surface area contributed by atoms with Crippen LogP contribution in [0.4, 0.5) is 5.13 Å². The molecule has 0 spiro atoms. The minimum atomic E-state index is 0.734. The van der Waals surface area contributed by atoms with Crippen LogP contribution in [0.2, 0.25) is 0 Å².